The lowest BCUT2D eigenvalue weighted by atomic mass is 10.2. The SMILES string of the molecule is CNC(=O)c1ccsc1NC(=O)CCCSCc1ccccc1. The summed E-state index contributed by atoms with van der Waals surface area (Å²) in [6.45, 7) is 0. The Bertz CT molecular complexity index is 641. The molecule has 23 heavy (non-hydrogen) atoms. The second-order valence-electron chi connectivity index (χ2n) is 4.93. The number of amides is 2. The molecule has 2 rings (SSSR count). The summed E-state index contributed by atoms with van der Waals surface area (Å²) < 4.78 is 0. The second-order valence-corrected chi connectivity index (χ2v) is 6.95. The maximum Gasteiger partial charge on any atom is 0.254 e. The summed E-state index contributed by atoms with van der Waals surface area (Å²) in [5.74, 6) is 1.68. The first-order valence-corrected chi connectivity index (χ1v) is 9.45. The number of thioether (sulfide) groups is 1. The van der Waals surface area contributed by atoms with Gasteiger partial charge in [-0.2, -0.15) is 11.8 Å². The zero-order valence-electron chi connectivity index (χ0n) is 13.0. The Morgan fingerprint density at radius 1 is 1.17 bits per heavy atom. The largest absolute Gasteiger partial charge is 0.355 e. The van der Waals surface area contributed by atoms with Crippen LogP contribution in [0.3, 0.4) is 0 Å². The number of carbonyl (C=O) groups is 2. The number of thiophene rings is 1. The van der Waals surface area contributed by atoms with Gasteiger partial charge in [0.25, 0.3) is 5.91 Å². The van der Waals surface area contributed by atoms with E-state index in [1.165, 1.54) is 16.9 Å². The van der Waals surface area contributed by atoms with E-state index in [9.17, 15) is 9.59 Å². The fraction of sp³-hybridized carbons (Fsp3) is 0.294. The first kappa shape index (κ1) is 17.6. The molecule has 0 atom stereocenters. The predicted octanol–water partition coefficient (Wildman–Crippen LogP) is 3.76. The third-order valence-corrected chi connectivity index (χ3v) is 5.14. The number of nitrogens with one attached hydrogen (secondary N) is 2. The first-order valence-electron chi connectivity index (χ1n) is 7.42. The van der Waals surface area contributed by atoms with Crippen molar-refractivity contribution in [1.29, 1.82) is 0 Å². The van der Waals surface area contributed by atoms with Crippen molar-refractivity contribution in [2.45, 2.75) is 18.6 Å². The van der Waals surface area contributed by atoms with Crippen LogP contribution in [-0.2, 0) is 10.5 Å². The topological polar surface area (TPSA) is 58.2 Å². The Kier molecular flexibility index (Phi) is 7.16. The first-order chi connectivity index (χ1) is 11.2. The minimum Gasteiger partial charge on any atom is -0.355 e. The summed E-state index contributed by atoms with van der Waals surface area (Å²) in [6, 6.07) is 12.0. The lowest BCUT2D eigenvalue weighted by molar-refractivity contribution is -0.116. The highest BCUT2D eigenvalue weighted by Gasteiger charge is 2.13. The van der Waals surface area contributed by atoms with Gasteiger partial charge in [-0.1, -0.05) is 30.3 Å². The smallest absolute Gasteiger partial charge is 0.254 e. The maximum atomic E-state index is 12.0. The molecule has 1 aromatic carbocycles. The molecule has 0 unspecified atom stereocenters. The molecule has 0 aliphatic rings. The van der Waals surface area contributed by atoms with E-state index in [0.29, 0.717) is 17.0 Å². The fourth-order valence-electron chi connectivity index (χ4n) is 2.01. The number of rotatable bonds is 8. The van der Waals surface area contributed by atoms with Crippen LogP contribution in [-0.4, -0.2) is 24.6 Å². The highest BCUT2D eigenvalue weighted by atomic mass is 32.2. The van der Waals surface area contributed by atoms with Crippen molar-refractivity contribution >= 4 is 39.9 Å². The van der Waals surface area contributed by atoms with Gasteiger partial charge in [-0.15, -0.1) is 11.3 Å². The summed E-state index contributed by atoms with van der Waals surface area (Å²) in [7, 11) is 1.58. The van der Waals surface area contributed by atoms with E-state index in [2.05, 4.69) is 22.8 Å². The van der Waals surface area contributed by atoms with E-state index in [4.69, 9.17) is 0 Å². The van der Waals surface area contributed by atoms with Gasteiger partial charge in [-0.05, 0) is 29.2 Å². The van der Waals surface area contributed by atoms with Crippen LogP contribution in [0.1, 0.15) is 28.8 Å². The molecule has 2 aromatic rings. The van der Waals surface area contributed by atoms with Crippen LogP contribution in [0, 0.1) is 0 Å². The Morgan fingerprint density at radius 3 is 2.70 bits per heavy atom. The molecule has 0 fully saturated rings. The van der Waals surface area contributed by atoms with Crippen LogP contribution in [0.2, 0.25) is 0 Å². The number of carbonyl (C=O) groups excluding carboxylic acids is 2. The highest BCUT2D eigenvalue weighted by Crippen LogP contribution is 2.23. The van der Waals surface area contributed by atoms with Crippen LogP contribution < -0.4 is 10.6 Å². The fourth-order valence-corrected chi connectivity index (χ4v) is 3.73. The van der Waals surface area contributed by atoms with Crippen LogP contribution >= 0.6 is 23.1 Å². The molecule has 0 aliphatic heterocycles. The molecule has 0 saturated heterocycles. The van der Waals surface area contributed by atoms with Crippen LogP contribution in [0.25, 0.3) is 0 Å². The van der Waals surface area contributed by atoms with Crippen molar-refractivity contribution in [2.24, 2.45) is 0 Å². The number of hydrogen-bond donors (Lipinski definition) is 2. The van der Waals surface area contributed by atoms with Crippen molar-refractivity contribution in [1.82, 2.24) is 5.32 Å². The molecule has 4 nitrogen and oxygen atoms in total. The highest BCUT2D eigenvalue weighted by molar-refractivity contribution is 7.98. The van der Waals surface area contributed by atoms with E-state index >= 15 is 0 Å². The van der Waals surface area contributed by atoms with Crippen LogP contribution in [0.4, 0.5) is 5.00 Å². The molecule has 2 amide bonds. The third-order valence-electron chi connectivity index (χ3n) is 3.19. The van der Waals surface area contributed by atoms with Crippen LogP contribution in [0.5, 0.6) is 0 Å². The van der Waals surface area contributed by atoms with E-state index < -0.39 is 0 Å². The van der Waals surface area contributed by atoms with Gasteiger partial charge in [0, 0.05) is 19.2 Å². The lowest BCUT2D eigenvalue weighted by Gasteiger charge is -2.06. The Hall–Kier alpha value is -1.79. The molecule has 0 spiro atoms. The quantitative estimate of drug-likeness (QED) is 0.714. The molecular formula is C17H20N2O2S2. The third kappa shape index (κ3) is 5.73. The lowest BCUT2D eigenvalue weighted by Crippen LogP contribution is -2.20. The molecule has 0 saturated carbocycles. The van der Waals surface area contributed by atoms with Crippen molar-refractivity contribution in [3.63, 3.8) is 0 Å². The van der Waals surface area contributed by atoms with E-state index in [-0.39, 0.29) is 11.8 Å². The average molecular weight is 348 g/mol. The molecule has 122 valence electrons. The van der Waals surface area contributed by atoms with Gasteiger partial charge >= 0.3 is 0 Å². The minimum atomic E-state index is -0.181. The number of benzene rings is 1. The molecule has 6 heteroatoms. The van der Waals surface area contributed by atoms with E-state index in [0.717, 1.165) is 17.9 Å². The van der Waals surface area contributed by atoms with Gasteiger partial charge in [0.1, 0.15) is 5.00 Å². The van der Waals surface area contributed by atoms with Gasteiger partial charge in [0.2, 0.25) is 5.91 Å². The molecular weight excluding hydrogens is 328 g/mol. The molecule has 0 aliphatic carbocycles. The standard InChI is InChI=1S/C17H20N2O2S2/c1-18-16(21)14-9-11-23-17(14)19-15(20)8-5-10-22-12-13-6-3-2-4-7-13/h2-4,6-7,9,11H,5,8,10,12H2,1H3,(H,18,21)(H,19,20). The van der Waals surface area contributed by atoms with Crippen molar-refractivity contribution in [3.05, 3.63) is 52.9 Å². The summed E-state index contributed by atoms with van der Waals surface area (Å²) in [5.41, 5.74) is 1.82. The molecule has 2 N–H and O–H groups in total. The second kappa shape index (κ2) is 9.37. The average Bonchev–Trinajstić information content (AvgIpc) is 3.03. The number of hydrogen-bond acceptors (Lipinski definition) is 4. The van der Waals surface area contributed by atoms with Gasteiger partial charge in [-0.25, -0.2) is 0 Å². The molecule has 0 radical (unpaired) electrons. The minimum absolute atomic E-state index is 0.0436. The summed E-state index contributed by atoms with van der Waals surface area (Å²) in [5, 5.41) is 7.81. The van der Waals surface area contributed by atoms with Crippen molar-refractivity contribution in [2.75, 3.05) is 18.1 Å². The molecule has 1 aromatic heterocycles. The summed E-state index contributed by atoms with van der Waals surface area (Å²) >= 11 is 3.19. The number of anilines is 1. The van der Waals surface area contributed by atoms with Crippen molar-refractivity contribution in [3.8, 4) is 0 Å². The van der Waals surface area contributed by atoms with Gasteiger partial charge < -0.3 is 10.6 Å². The van der Waals surface area contributed by atoms with Gasteiger partial charge in [0.05, 0.1) is 5.56 Å². The summed E-state index contributed by atoms with van der Waals surface area (Å²) in [4.78, 5) is 23.6. The van der Waals surface area contributed by atoms with E-state index in [1.807, 2.05) is 30.0 Å². The molecule has 1 heterocycles. The van der Waals surface area contributed by atoms with Gasteiger partial charge in [-0.3, -0.25) is 9.59 Å². The Balaban J connectivity index is 1.67. The monoisotopic (exact) mass is 348 g/mol. The predicted molar refractivity (Wildman–Crippen MR) is 98.2 cm³/mol. The van der Waals surface area contributed by atoms with Crippen LogP contribution in [0.15, 0.2) is 41.8 Å². The van der Waals surface area contributed by atoms with Crippen molar-refractivity contribution < 1.29 is 9.59 Å². The zero-order chi connectivity index (χ0) is 16.5. The maximum absolute atomic E-state index is 12.0. The Morgan fingerprint density at radius 2 is 1.96 bits per heavy atom. The normalized spacial score (nSPS) is 10.3. The molecule has 0 bridgehead atoms. The zero-order valence-corrected chi connectivity index (χ0v) is 14.6. The van der Waals surface area contributed by atoms with Gasteiger partial charge in [0.15, 0.2) is 0 Å². The summed E-state index contributed by atoms with van der Waals surface area (Å²) in [6.07, 6.45) is 1.29. The van der Waals surface area contributed by atoms with E-state index in [1.54, 1.807) is 18.5 Å². The Labute approximate surface area is 144 Å².